The SMILES string of the molecule is COc1ccccc1OCc1cc(F)cc(B(O)O)c1. The van der Waals surface area contributed by atoms with Gasteiger partial charge in [-0.1, -0.05) is 18.2 Å². The molecule has 0 unspecified atom stereocenters. The number of rotatable bonds is 5. The van der Waals surface area contributed by atoms with Crippen molar-refractivity contribution < 1.29 is 23.9 Å². The third-order valence-electron chi connectivity index (χ3n) is 2.74. The summed E-state index contributed by atoms with van der Waals surface area (Å²) in [5.41, 5.74) is 0.586. The molecule has 0 aliphatic carbocycles. The van der Waals surface area contributed by atoms with Crippen LogP contribution in [-0.4, -0.2) is 24.3 Å². The van der Waals surface area contributed by atoms with Crippen LogP contribution < -0.4 is 14.9 Å². The van der Waals surface area contributed by atoms with Crippen LogP contribution in [0.2, 0.25) is 0 Å². The predicted octanol–water partition coefficient (Wildman–Crippen LogP) is 1.09. The molecule has 0 saturated carbocycles. The van der Waals surface area contributed by atoms with Crippen LogP contribution in [0.4, 0.5) is 4.39 Å². The lowest BCUT2D eigenvalue weighted by Gasteiger charge is -2.11. The lowest BCUT2D eigenvalue weighted by molar-refractivity contribution is 0.284. The molecule has 2 N–H and O–H groups in total. The molecule has 0 fully saturated rings. The Bertz CT molecular complexity index is 589. The summed E-state index contributed by atoms with van der Waals surface area (Å²) in [5.74, 6) is 0.561. The molecule has 0 aromatic heterocycles. The van der Waals surface area contributed by atoms with Crippen LogP contribution in [0.25, 0.3) is 0 Å². The van der Waals surface area contributed by atoms with Crippen LogP contribution in [0.3, 0.4) is 0 Å². The molecule has 0 aliphatic rings. The molecule has 0 aliphatic heterocycles. The van der Waals surface area contributed by atoms with E-state index in [9.17, 15) is 4.39 Å². The monoisotopic (exact) mass is 276 g/mol. The summed E-state index contributed by atoms with van der Waals surface area (Å²) in [4.78, 5) is 0. The normalized spacial score (nSPS) is 10.2. The highest BCUT2D eigenvalue weighted by Gasteiger charge is 2.13. The number of benzene rings is 2. The van der Waals surface area contributed by atoms with Gasteiger partial charge in [0.15, 0.2) is 11.5 Å². The van der Waals surface area contributed by atoms with E-state index in [-0.39, 0.29) is 12.1 Å². The van der Waals surface area contributed by atoms with E-state index in [1.54, 1.807) is 18.2 Å². The largest absolute Gasteiger partial charge is 0.493 e. The summed E-state index contributed by atoms with van der Waals surface area (Å²) in [6.45, 7) is 0.0951. The molecule has 2 rings (SSSR count). The highest BCUT2D eigenvalue weighted by atomic mass is 19.1. The highest BCUT2D eigenvalue weighted by Crippen LogP contribution is 2.26. The van der Waals surface area contributed by atoms with Crippen molar-refractivity contribution in [1.82, 2.24) is 0 Å². The van der Waals surface area contributed by atoms with E-state index in [1.807, 2.05) is 6.07 Å². The molecule has 0 saturated heterocycles. The molecule has 0 heterocycles. The predicted molar refractivity (Wildman–Crippen MR) is 73.6 cm³/mol. The zero-order valence-corrected chi connectivity index (χ0v) is 10.9. The van der Waals surface area contributed by atoms with Gasteiger partial charge < -0.3 is 19.5 Å². The summed E-state index contributed by atoms with van der Waals surface area (Å²) >= 11 is 0. The molecule has 20 heavy (non-hydrogen) atoms. The minimum atomic E-state index is -1.71. The van der Waals surface area contributed by atoms with Gasteiger partial charge in [-0.3, -0.25) is 0 Å². The van der Waals surface area contributed by atoms with E-state index in [1.165, 1.54) is 19.2 Å². The summed E-state index contributed by atoms with van der Waals surface area (Å²) < 4.78 is 24.0. The topological polar surface area (TPSA) is 58.9 Å². The molecule has 6 heteroatoms. The van der Waals surface area contributed by atoms with Crippen molar-refractivity contribution >= 4 is 12.6 Å². The van der Waals surface area contributed by atoms with Crippen LogP contribution in [0.15, 0.2) is 42.5 Å². The fourth-order valence-corrected chi connectivity index (χ4v) is 1.81. The van der Waals surface area contributed by atoms with Crippen molar-refractivity contribution in [3.05, 3.63) is 53.8 Å². The molecule has 4 nitrogen and oxygen atoms in total. The maximum absolute atomic E-state index is 13.4. The number of hydrogen-bond acceptors (Lipinski definition) is 4. The van der Waals surface area contributed by atoms with E-state index in [0.717, 1.165) is 6.07 Å². The van der Waals surface area contributed by atoms with Gasteiger partial charge in [-0.05, 0) is 35.3 Å². The maximum Gasteiger partial charge on any atom is 0.488 e. The minimum Gasteiger partial charge on any atom is -0.493 e. The summed E-state index contributed by atoms with van der Waals surface area (Å²) in [6.07, 6.45) is 0. The van der Waals surface area contributed by atoms with Gasteiger partial charge in [0.05, 0.1) is 7.11 Å². The third kappa shape index (κ3) is 3.49. The van der Waals surface area contributed by atoms with Crippen molar-refractivity contribution in [2.24, 2.45) is 0 Å². The molecular formula is C14H14BFO4. The van der Waals surface area contributed by atoms with E-state index in [0.29, 0.717) is 17.1 Å². The van der Waals surface area contributed by atoms with Crippen LogP contribution in [0.5, 0.6) is 11.5 Å². The summed E-state index contributed by atoms with van der Waals surface area (Å²) in [5, 5.41) is 18.1. The van der Waals surface area contributed by atoms with Crippen LogP contribution in [0.1, 0.15) is 5.56 Å². The second-order valence-corrected chi connectivity index (χ2v) is 4.21. The Morgan fingerprint density at radius 1 is 1.10 bits per heavy atom. The second kappa shape index (κ2) is 6.41. The lowest BCUT2D eigenvalue weighted by atomic mass is 9.79. The quantitative estimate of drug-likeness (QED) is 0.803. The lowest BCUT2D eigenvalue weighted by Crippen LogP contribution is -2.30. The standard InChI is InChI=1S/C14H14BFO4/c1-19-13-4-2-3-5-14(13)20-9-10-6-11(15(17)18)8-12(16)7-10/h2-8,17-18H,9H2,1H3. The van der Waals surface area contributed by atoms with Crippen LogP contribution >= 0.6 is 0 Å². The van der Waals surface area contributed by atoms with Crippen molar-refractivity contribution in [1.29, 1.82) is 0 Å². The summed E-state index contributed by atoms with van der Waals surface area (Å²) in [6, 6.07) is 10.9. The minimum absolute atomic E-state index is 0.0867. The smallest absolute Gasteiger partial charge is 0.488 e. The van der Waals surface area contributed by atoms with Gasteiger partial charge in [0.25, 0.3) is 0 Å². The first-order valence-electron chi connectivity index (χ1n) is 6.01. The van der Waals surface area contributed by atoms with E-state index >= 15 is 0 Å². The van der Waals surface area contributed by atoms with Gasteiger partial charge in [-0.15, -0.1) is 0 Å². The molecule has 0 atom stereocenters. The van der Waals surface area contributed by atoms with Gasteiger partial charge >= 0.3 is 7.12 Å². The second-order valence-electron chi connectivity index (χ2n) is 4.21. The van der Waals surface area contributed by atoms with Gasteiger partial charge in [-0.25, -0.2) is 4.39 Å². The molecule has 0 spiro atoms. The van der Waals surface area contributed by atoms with Crippen molar-refractivity contribution in [2.45, 2.75) is 6.61 Å². The Balaban J connectivity index is 2.14. The molecule has 2 aromatic rings. The first-order chi connectivity index (χ1) is 9.60. The Kier molecular flexibility index (Phi) is 4.60. The zero-order valence-electron chi connectivity index (χ0n) is 10.9. The van der Waals surface area contributed by atoms with E-state index in [2.05, 4.69) is 0 Å². The third-order valence-corrected chi connectivity index (χ3v) is 2.74. The number of para-hydroxylation sites is 2. The molecule has 104 valence electrons. The van der Waals surface area contributed by atoms with E-state index < -0.39 is 12.9 Å². The molecule has 2 aromatic carbocycles. The first-order valence-corrected chi connectivity index (χ1v) is 6.01. The number of hydrogen-bond donors (Lipinski definition) is 2. The van der Waals surface area contributed by atoms with E-state index in [4.69, 9.17) is 19.5 Å². The van der Waals surface area contributed by atoms with Gasteiger partial charge in [-0.2, -0.15) is 0 Å². The molecule has 0 bridgehead atoms. The Morgan fingerprint density at radius 2 is 1.80 bits per heavy atom. The first kappa shape index (κ1) is 14.4. The van der Waals surface area contributed by atoms with Gasteiger partial charge in [0, 0.05) is 0 Å². The summed E-state index contributed by atoms with van der Waals surface area (Å²) in [7, 11) is -0.180. The Morgan fingerprint density at radius 3 is 2.45 bits per heavy atom. The maximum atomic E-state index is 13.4. The fourth-order valence-electron chi connectivity index (χ4n) is 1.81. The Hall–Kier alpha value is -2.05. The molecular weight excluding hydrogens is 262 g/mol. The highest BCUT2D eigenvalue weighted by molar-refractivity contribution is 6.58. The average molecular weight is 276 g/mol. The Labute approximate surface area is 116 Å². The zero-order chi connectivity index (χ0) is 14.5. The number of halogens is 1. The molecule has 0 amide bonds. The van der Waals surface area contributed by atoms with Gasteiger partial charge in [0.2, 0.25) is 0 Å². The van der Waals surface area contributed by atoms with Crippen molar-refractivity contribution in [3.63, 3.8) is 0 Å². The van der Waals surface area contributed by atoms with Crippen LogP contribution in [-0.2, 0) is 6.61 Å². The van der Waals surface area contributed by atoms with Crippen molar-refractivity contribution in [3.8, 4) is 11.5 Å². The average Bonchev–Trinajstić information content (AvgIpc) is 2.44. The van der Waals surface area contributed by atoms with Gasteiger partial charge in [0.1, 0.15) is 12.4 Å². The number of ether oxygens (including phenoxy) is 2. The number of methoxy groups -OCH3 is 1. The fraction of sp³-hybridized carbons (Fsp3) is 0.143. The molecule has 0 radical (unpaired) electrons. The van der Waals surface area contributed by atoms with Crippen LogP contribution in [0, 0.1) is 5.82 Å². The van der Waals surface area contributed by atoms with Crippen molar-refractivity contribution in [2.75, 3.05) is 7.11 Å².